The molecule has 3 aromatic rings. The number of aromatic nitrogens is 2. The molecule has 9 nitrogen and oxygen atoms in total. The third-order valence-corrected chi connectivity index (χ3v) is 6.86. The minimum Gasteiger partial charge on any atom is -0.344 e. The third-order valence-electron chi connectivity index (χ3n) is 5.89. The molecule has 0 spiro atoms. The van der Waals surface area contributed by atoms with Crippen LogP contribution in [0.4, 0.5) is 0 Å². The van der Waals surface area contributed by atoms with E-state index in [0.717, 1.165) is 5.56 Å². The first-order chi connectivity index (χ1) is 16.2. The van der Waals surface area contributed by atoms with Crippen molar-refractivity contribution >= 4 is 45.7 Å². The van der Waals surface area contributed by atoms with Gasteiger partial charge in [-0.2, -0.15) is 0 Å². The topological polar surface area (TPSA) is 127 Å². The van der Waals surface area contributed by atoms with E-state index in [1.165, 1.54) is 15.9 Å². The number of hydrogen-bond donors (Lipinski definition) is 2. The molecule has 34 heavy (non-hydrogen) atoms. The summed E-state index contributed by atoms with van der Waals surface area (Å²) in [7, 11) is 0. The van der Waals surface area contributed by atoms with Crippen LogP contribution in [0.3, 0.4) is 0 Å². The van der Waals surface area contributed by atoms with Gasteiger partial charge in [0.25, 0.3) is 11.5 Å². The molecular weight excluding hydrogens is 456 g/mol. The lowest BCUT2D eigenvalue weighted by atomic mass is 10.0. The highest BCUT2D eigenvalue weighted by molar-refractivity contribution is 7.11. The Morgan fingerprint density at radius 1 is 1.21 bits per heavy atom. The van der Waals surface area contributed by atoms with Crippen molar-refractivity contribution in [2.45, 2.75) is 52.1 Å². The molecule has 0 aliphatic carbocycles. The molecule has 3 amide bonds. The number of amides is 3. The number of rotatable bonds is 6. The first-order valence-corrected chi connectivity index (χ1v) is 11.8. The van der Waals surface area contributed by atoms with Gasteiger partial charge in [-0.1, -0.05) is 38.1 Å². The molecule has 0 saturated carbocycles. The maximum absolute atomic E-state index is 13.1. The fourth-order valence-corrected chi connectivity index (χ4v) is 4.87. The fourth-order valence-electron chi connectivity index (χ4n) is 3.97. The molecule has 1 aromatic carbocycles. The fraction of sp³-hybridized carbons (Fsp3) is 0.333. The normalized spacial score (nSPS) is 16.1. The van der Waals surface area contributed by atoms with Crippen LogP contribution in [0.5, 0.6) is 0 Å². The van der Waals surface area contributed by atoms with Gasteiger partial charge in [0.05, 0.1) is 22.3 Å². The Bertz CT molecular complexity index is 1370. The van der Waals surface area contributed by atoms with Gasteiger partial charge in [-0.25, -0.2) is 4.98 Å². The van der Waals surface area contributed by atoms with Gasteiger partial charge in [0.1, 0.15) is 11.9 Å². The standard InChI is InChI=1S/C24H24N4O5S/c1-12(2)14-4-6-15(7-5-14)21(30)23(32)25-10-18-20-16(11-34-18)24(33)28(13(3)26-20)17-8-9-19(29)27-22(17)31/h4-7,11-12,17H,8-10H2,1-3H3,(H,25,32)(H,27,29,31). The number of carbonyl (C=O) groups is 4. The van der Waals surface area contributed by atoms with Crippen molar-refractivity contribution in [1.29, 1.82) is 0 Å². The molecule has 2 aromatic heterocycles. The van der Waals surface area contributed by atoms with Crippen LogP contribution in [0, 0.1) is 6.92 Å². The maximum Gasteiger partial charge on any atom is 0.292 e. The van der Waals surface area contributed by atoms with Crippen LogP contribution in [-0.4, -0.2) is 33.1 Å². The monoisotopic (exact) mass is 480 g/mol. The SMILES string of the molecule is Cc1nc2c(CNC(=O)C(=O)c3ccc(C(C)C)cc3)scc2c(=O)n1C1CCC(=O)NC1=O. The molecule has 1 fully saturated rings. The molecule has 4 rings (SSSR count). The molecule has 3 heterocycles. The van der Waals surface area contributed by atoms with Gasteiger partial charge in [0, 0.05) is 17.4 Å². The summed E-state index contributed by atoms with van der Waals surface area (Å²) in [6.45, 7) is 5.75. The molecule has 0 radical (unpaired) electrons. The van der Waals surface area contributed by atoms with E-state index in [2.05, 4.69) is 15.6 Å². The van der Waals surface area contributed by atoms with E-state index in [1.807, 2.05) is 26.0 Å². The molecule has 10 heteroatoms. The zero-order valence-corrected chi connectivity index (χ0v) is 19.8. The lowest BCUT2D eigenvalue weighted by Gasteiger charge is -2.24. The van der Waals surface area contributed by atoms with Crippen molar-refractivity contribution in [1.82, 2.24) is 20.2 Å². The summed E-state index contributed by atoms with van der Waals surface area (Å²) in [4.78, 5) is 66.9. The van der Waals surface area contributed by atoms with Crippen LogP contribution in [0.15, 0.2) is 34.4 Å². The summed E-state index contributed by atoms with van der Waals surface area (Å²) in [6.07, 6.45) is 0.376. The Kier molecular flexibility index (Phi) is 6.43. The van der Waals surface area contributed by atoms with Gasteiger partial charge < -0.3 is 5.32 Å². The first kappa shape index (κ1) is 23.5. The Morgan fingerprint density at radius 3 is 2.56 bits per heavy atom. The molecule has 2 N–H and O–H groups in total. The Morgan fingerprint density at radius 2 is 1.91 bits per heavy atom. The number of Topliss-reactive ketones (excluding diaryl/α,β-unsaturated/α-hetero) is 1. The highest BCUT2D eigenvalue weighted by Crippen LogP contribution is 2.25. The highest BCUT2D eigenvalue weighted by Gasteiger charge is 2.31. The van der Waals surface area contributed by atoms with E-state index in [4.69, 9.17) is 0 Å². The molecular formula is C24H24N4O5S. The molecule has 1 saturated heterocycles. The van der Waals surface area contributed by atoms with Crippen LogP contribution in [0.1, 0.15) is 65.3 Å². The number of ketones is 1. The van der Waals surface area contributed by atoms with E-state index in [1.54, 1.807) is 24.4 Å². The summed E-state index contributed by atoms with van der Waals surface area (Å²) in [5.41, 5.74) is 1.42. The number of hydrogen-bond acceptors (Lipinski definition) is 7. The van der Waals surface area contributed by atoms with Gasteiger partial charge in [-0.15, -0.1) is 11.3 Å². The number of nitrogens with one attached hydrogen (secondary N) is 2. The zero-order chi connectivity index (χ0) is 24.6. The number of benzene rings is 1. The maximum atomic E-state index is 13.1. The van der Waals surface area contributed by atoms with Crippen LogP contribution in [-0.2, 0) is 20.9 Å². The smallest absolute Gasteiger partial charge is 0.292 e. The van der Waals surface area contributed by atoms with E-state index < -0.39 is 23.6 Å². The van der Waals surface area contributed by atoms with Crippen molar-refractivity contribution in [2.24, 2.45) is 0 Å². The third kappa shape index (κ3) is 4.41. The minimum atomic E-state index is -0.801. The zero-order valence-electron chi connectivity index (χ0n) is 19.0. The van der Waals surface area contributed by atoms with Gasteiger partial charge in [0.2, 0.25) is 17.6 Å². The quantitative estimate of drug-likeness (QED) is 0.317. The van der Waals surface area contributed by atoms with Crippen molar-refractivity contribution in [3.8, 4) is 0 Å². The summed E-state index contributed by atoms with van der Waals surface area (Å²) < 4.78 is 1.31. The lowest BCUT2D eigenvalue weighted by Crippen LogP contribution is -2.45. The number of carbonyl (C=O) groups excluding carboxylic acids is 4. The van der Waals surface area contributed by atoms with Gasteiger partial charge in [-0.05, 0) is 24.8 Å². The highest BCUT2D eigenvalue weighted by atomic mass is 32.1. The molecule has 1 aliphatic heterocycles. The molecule has 1 atom stereocenters. The number of imide groups is 1. The van der Waals surface area contributed by atoms with Crippen LogP contribution in [0.25, 0.3) is 10.9 Å². The van der Waals surface area contributed by atoms with Crippen LogP contribution >= 0.6 is 11.3 Å². The molecule has 1 aliphatic rings. The van der Waals surface area contributed by atoms with Crippen molar-refractivity contribution in [2.75, 3.05) is 0 Å². The Labute approximate surface area is 199 Å². The number of aryl methyl sites for hydroxylation is 1. The average Bonchev–Trinajstić information content (AvgIpc) is 3.21. The van der Waals surface area contributed by atoms with Crippen LogP contribution < -0.4 is 16.2 Å². The second-order valence-corrected chi connectivity index (χ2v) is 9.47. The number of thiophene rings is 1. The largest absolute Gasteiger partial charge is 0.344 e. The van der Waals surface area contributed by atoms with Crippen LogP contribution in [0.2, 0.25) is 0 Å². The summed E-state index contributed by atoms with van der Waals surface area (Å²) in [6, 6.07) is 6.14. The van der Waals surface area contributed by atoms with E-state index in [0.29, 0.717) is 33.1 Å². The molecule has 176 valence electrons. The van der Waals surface area contributed by atoms with Gasteiger partial charge >= 0.3 is 0 Å². The summed E-state index contributed by atoms with van der Waals surface area (Å²) >= 11 is 1.24. The Balaban J connectivity index is 1.52. The van der Waals surface area contributed by atoms with E-state index >= 15 is 0 Å². The van der Waals surface area contributed by atoms with Gasteiger partial charge in [-0.3, -0.25) is 33.9 Å². The summed E-state index contributed by atoms with van der Waals surface area (Å²) in [5, 5.41) is 6.82. The van der Waals surface area contributed by atoms with Crippen molar-refractivity contribution < 1.29 is 19.2 Å². The average molecular weight is 481 g/mol. The van der Waals surface area contributed by atoms with Crippen molar-refractivity contribution in [3.63, 3.8) is 0 Å². The lowest BCUT2D eigenvalue weighted by molar-refractivity contribution is -0.135. The summed E-state index contributed by atoms with van der Waals surface area (Å²) in [5.74, 6) is -1.61. The molecule has 0 bridgehead atoms. The predicted molar refractivity (Wildman–Crippen MR) is 127 cm³/mol. The number of fused-ring (bicyclic) bond motifs is 1. The van der Waals surface area contributed by atoms with E-state index in [9.17, 15) is 24.0 Å². The second kappa shape index (κ2) is 9.30. The second-order valence-electron chi connectivity index (χ2n) is 8.51. The van der Waals surface area contributed by atoms with Gasteiger partial charge in [0.15, 0.2) is 0 Å². The minimum absolute atomic E-state index is 0.0388. The predicted octanol–water partition coefficient (Wildman–Crippen LogP) is 2.37. The number of piperidine rings is 1. The Hall–Kier alpha value is -3.66. The van der Waals surface area contributed by atoms with E-state index in [-0.39, 0.29) is 30.9 Å². The first-order valence-electron chi connectivity index (χ1n) is 10.9. The van der Waals surface area contributed by atoms with Crippen molar-refractivity contribution in [3.05, 3.63) is 61.8 Å². The molecule has 1 unspecified atom stereocenters. The number of nitrogens with zero attached hydrogens (tertiary/aromatic N) is 2.